The number of hydrogen-bond donors (Lipinski definition) is 2. The van der Waals surface area contributed by atoms with Crippen LogP contribution < -0.4 is 5.73 Å². The number of rotatable bonds is 4. The van der Waals surface area contributed by atoms with Crippen molar-refractivity contribution in [3.63, 3.8) is 0 Å². The molecule has 0 unspecified atom stereocenters. The van der Waals surface area contributed by atoms with Crippen LogP contribution in [-0.2, 0) is 0 Å². The lowest BCUT2D eigenvalue weighted by Gasteiger charge is -2.01. The Morgan fingerprint density at radius 3 is 2.39 bits per heavy atom. The number of nitrogens with zero attached hydrogens (tertiary/aromatic N) is 1. The summed E-state index contributed by atoms with van der Waals surface area (Å²) in [5.41, 5.74) is 5.39. The second kappa shape index (κ2) is 5.90. The first-order chi connectivity index (χ1) is 8.41. The summed E-state index contributed by atoms with van der Waals surface area (Å²) in [5.74, 6) is -1.04. The van der Waals surface area contributed by atoms with E-state index in [1.165, 1.54) is 37.4 Å². The minimum Gasteiger partial charge on any atom is -0.478 e. The number of allylic oxidation sites excluding steroid dienone is 2. The summed E-state index contributed by atoms with van der Waals surface area (Å²) in [6, 6.07) is 5.71. The molecule has 4 nitrogen and oxygen atoms in total. The molecule has 0 aliphatic heterocycles. The zero-order valence-corrected chi connectivity index (χ0v) is 9.60. The Balaban J connectivity index is 2.85. The van der Waals surface area contributed by atoms with E-state index in [1.807, 2.05) is 0 Å². The van der Waals surface area contributed by atoms with Crippen LogP contribution in [0.5, 0.6) is 0 Å². The molecule has 1 aromatic rings. The first-order valence-electron chi connectivity index (χ1n) is 5.03. The summed E-state index contributed by atoms with van der Waals surface area (Å²) in [6.45, 7) is 1.43. The summed E-state index contributed by atoms with van der Waals surface area (Å²) in [6.07, 6.45) is -1.50. The van der Waals surface area contributed by atoms with Crippen molar-refractivity contribution in [1.82, 2.24) is 0 Å². The second-order valence-corrected chi connectivity index (χ2v) is 3.55. The predicted molar refractivity (Wildman–Crippen MR) is 64.4 cm³/mol. The lowest BCUT2D eigenvalue weighted by atomic mass is 10.2. The van der Waals surface area contributed by atoms with Crippen molar-refractivity contribution in [2.75, 3.05) is 0 Å². The molecule has 0 aliphatic carbocycles. The summed E-state index contributed by atoms with van der Waals surface area (Å²) in [7, 11) is 0. The van der Waals surface area contributed by atoms with E-state index in [4.69, 9.17) is 10.8 Å². The van der Waals surface area contributed by atoms with E-state index in [0.29, 0.717) is 5.69 Å². The minimum absolute atomic E-state index is 0.133. The Labute approximate surface area is 102 Å². The van der Waals surface area contributed by atoms with Gasteiger partial charge in [0.2, 0.25) is 0 Å². The van der Waals surface area contributed by atoms with Crippen LogP contribution in [-0.4, -0.2) is 23.7 Å². The number of carbonyl (C=O) groups is 1. The van der Waals surface area contributed by atoms with Gasteiger partial charge in [0.15, 0.2) is 0 Å². The average molecular weight is 254 g/mol. The van der Waals surface area contributed by atoms with Crippen LogP contribution in [0, 0.1) is 0 Å². The number of halogens is 2. The third kappa shape index (κ3) is 3.65. The lowest BCUT2D eigenvalue weighted by molar-refractivity contribution is 0.0697. The van der Waals surface area contributed by atoms with Gasteiger partial charge in [-0.2, -0.15) is 0 Å². The van der Waals surface area contributed by atoms with Crippen molar-refractivity contribution in [3.8, 4) is 0 Å². The number of alkyl halides is 2. The van der Waals surface area contributed by atoms with Gasteiger partial charge in [-0.1, -0.05) is 0 Å². The van der Waals surface area contributed by atoms with Crippen LogP contribution in [0.15, 0.2) is 40.5 Å². The topological polar surface area (TPSA) is 75.7 Å². The molecule has 1 aromatic carbocycles. The van der Waals surface area contributed by atoms with Gasteiger partial charge in [0.1, 0.15) is 0 Å². The van der Waals surface area contributed by atoms with Gasteiger partial charge in [-0.05, 0) is 36.8 Å². The van der Waals surface area contributed by atoms with Gasteiger partial charge < -0.3 is 10.8 Å². The molecule has 0 amide bonds. The molecule has 0 saturated carbocycles. The summed E-state index contributed by atoms with van der Waals surface area (Å²) in [4.78, 5) is 14.5. The average Bonchev–Trinajstić information content (AvgIpc) is 2.35. The van der Waals surface area contributed by atoms with E-state index in [9.17, 15) is 13.6 Å². The fourth-order valence-corrected chi connectivity index (χ4v) is 1.11. The molecule has 0 aromatic heterocycles. The van der Waals surface area contributed by atoms with Gasteiger partial charge in [-0.25, -0.2) is 13.6 Å². The Morgan fingerprint density at radius 1 is 1.39 bits per heavy atom. The Morgan fingerprint density at radius 2 is 1.94 bits per heavy atom. The number of aliphatic imine (C=N–C) groups is 1. The van der Waals surface area contributed by atoms with E-state index in [-0.39, 0.29) is 11.1 Å². The molecule has 0 spiro atoms. The molecule has 6 heteroatoms. The highest BCUT2D eigenvalue weighted by atomic mass is 19.3. The van der Waals surface area contributed by atoms with Crippen LogP contribution in [0.1, 0.15) is 17.3 Å². The monoisotopic (exact) mass is 254 g/mol. The molecule has 3 N–H and O–H groups in total. The molecule has 0 bridgehead atoms. The molecular formula is C12H12F2N2O2. The van der Waals surface area contributed by atoms with E-state index in [1.54, 1.807) is 0 Å². The third-order valence-electron chi connectivity index (χ3n) is 2.21. The van der Waals surface area contributed by atoms with Crippen molar-refractivity contribution >= 4 is 17.9 Å². The maximum absolute atomic E-state index is 12.2. The molecule has 0 atom stereocenters. The van der Waals surface area contributed by atoms with Gasteiger partial charge in [-0.3, -0.25) is 4.99 Å². The Bertz CT molecular complexity index is 493. The number of carboxylic acids is 1. The zero-order valence-electron chi connectivity index (χ0n) is 9.60. The first kappa shape index (κ1) is 13.8. The smallest absolute Gasteiger partial charge is 0.335 e. The van der Waals surface area contributed by atoms with Gasteiger partial charge in [0.05, 0.1) is 16.9 Å². The fraction of sp³-hybridized carbons (Fsp3) is 0.167. The van der Waals surface area contributed by atoms with Crippen molar-refractivity contribution in [2.24, 2.45) is 10.7 Å². The maximum Gasteiger partial charge on any atom is 0.335 e. The number of aromatic carboxylic acids is 1. The quantitative estimate of drug-likeness (QED) is 0.811. The predicted octanol–water partition coefficient (Wildman–Crippen LogP) is 2.58. The van der Waals surface area contributed by atoms with Crippen LogP contribution >= 0.6 is 0 Å². The fourth-order valence-electron chi connectivity index (χ4n) is 1.11. The van der Waals surface area contributed by atoms with Crippen LogP contribution in [0.25, 0.3) is 0 Å². The van der Waals surface area contributed by atoms with E-state index in [0.717, 1.165) is 0 Å². The number of hydrogen-bond acceptors (Lipinski definition) is 3. The Hall–Kier alpha value is -2.24. The zero-order chi connectivity index (χ0) is 13.7. The van der Waals surface area contributed by atoms with Crippen LogP contribution in [0.3, 0.4) is 0 Å². The second-order valence-electron chi connectivity index (χ2n) is 3.55. The van der Waals surface area contributed by atoms with Crippen molar-refractivity contribution in [2.45, 2.75) is 13.3 Å². The maximum atomic E-state index is 12.2. The number of carboxylic acid groups (broad SMARTS) is 1. The molecule has 0 heterocycles. The Kier molecular flexibility index (Phi) is 4.53. The molecule has 0 radical (unpaired) electrons. The molecular weight excluding hydrogens is 242 g/mol. The van der Waals surface area contributed by atoms with Crippen LogP contribution in [0.2, 0.25) is 0 Å². The van der Waals surface area contributed by atoms with E-state index in [2.05, 4.69) is 4.99 Å². The van der Waals surface area contributed by atoms with Gasteiger partial charge in [0.25, 0.3) is 6.43 Å². The molecule has 0 fully saturated rings. The highest BCUT2D eigenvalue weighted by Gasteiger charge is 2.08. The van der Waals surface area contributed by atoms with Gasteiger partial charge in [-0.15, -0.1) is 0 Å². The highest BCUT2D eigenvalue weighted by molar-refractivity contribution is 5.88. The number of benzene rings is 1. The summed E-state index contributed by atoms with van der Waals surface area (Å²) in [5, 5.41) is 8.68. The summed E-state index contributed by atoms with van der Waals surface area (Å²) >= 11 is 0. The first-order valence-corrected chi connectivity index (χ1v) is 5.03. The third-order valence-corrected chi connectivity index (χ3v) is 2.21. The van der Waals surface area contributed by atoms with Crippen molar-refractivity contribution in [1.29, 1.82) is 0 Å². The van der Waals surface area contributed by atoms with Gasteiger partial charge >= 0.3 is 5.97 Å². The largest absolute Gasteiger partial charge is 0.478 e. The SMILES string of the molecule is C/C(C=Nc1ccc(C(=O)O)cc1)=C(/N)C(F)F. The number of nitrogens with two attached hydrogens (primary N) is 1. The standard InChI is InChI=1S/C12H12F2N2O2/c1-7(10(15)11(13)14)6-16-9-4-2-8(3-5-9)12(17)18/h2-6,11H,15H2,1H3,(H,17,18)/b10-7-,16-6?. The van der Waals surface area contributed by atoms with Crippen LogP contribution in [0.4, 0.5) is 14.5 Å². The minimum atomic E-state index is -2.72. The highest BCUT2D eigenvalue weighted by Crippen LogP contribution is 2.14. The molecule has 96 valence electrons. The molecule has 1 rings (SSSR count). The molecule has 18 heavy (non-hydrogen) atoms. The molecule has 0 aliphatic rings. The summed E-state index contributed by atoms with van der Waals surface area (Å²) < 4.78 is 24.5. The van der Waals surface area contributed by atoms with Crippen molar-refractivity contribution in [3.05, 3.63) is 41.1 Å². The van der Waals surface area contributed by atoms with E-state index >= 15 is 0 Å². The van der Waals surface area contributed by atoms with E-state index < -0.39 is 18.1 Å². The van der Waals surface area contributed by atoms with Gasteiger partial charge in [0, 0.05) is 6.21 Å². The molecule has 0 saturated heterocycles. The normalized spacial score (nSPS) is 12.9. The lowest BCUT2D eigenvalue weighted by Crippen LogP contribution is -2.10. The van der Waals surface area contributed by atoms with Crippen molar-refractivity contribution < 1.29 is 18.7 Å².